The fourth-order valence-electron chi connectivity index (χ4n) is 2.49. The number of nitrogens with zero attached hydrogens (tertiary/aromatic N) is 2. The van der Waals surface area contributed by atoms with Crippen LogP contribution in [-0.4, -0.2) is 29.0 Å². The number of hydrogen-bond donors (Lipinski definition) is 2. The number of ether oxygens (including phenoxy) is 1. The number of esters is 1. The van der Waals surface area contributed by atoms with Crippen molar-refractivity contribution in [2.45, 2.75) is 6.92 Å². The maximum absolute atomic E-state index is 13.8. The van der Waals surface area contributed by atoms with Gasteiger partial charge < -0.3 is 15.4 Å². The number of rotatable bonds is 5. The highest BCUT2D eigenvalue weighted by atomic mass is 19.1. The number of nitrogens with one attached hydrogen (secondary N) is 2. The molecule has 0 aliphatic heterocycles. The minimum atomic E-state index is -0.509. The van der Waals surface area contributed by atoms with Crippen LogP contribution in [0.2, 0.25) is 0 Å². The van der Waals surface area contributed by atoms with Crippen LogP contribution in [0.5, 0.6) is 0 Å². The first-order valence-corrected chi connectivity index (χ1v) is 8.33. The maximum atomic E-state index is 13.8. The number of carbonyl (C=O) groups excluding carboxylic acids is 2. The second-order valence-electron chi connectivity index (χ2n) is 5.82. The van der Waals surface area contributed by atoms with Gasteiger partial charge in [0.1, 0.15) is 23.2 Å². The average Bonchev–Trinajstić information content (AvgIpc) is 2.69. The normalized spacial score (nSPS) is 10.2. The van der Waals surface area contributed by atoms with Crippen LogP contribution in [0.3, 0.4) is 0 Å². The third-order valence-corrected chi connectivity index (χ3v) is 3.75. The number of hydrogen-bond acceptors (Lipinski definition) is 6. The first-order valence-electron chi connectivity index (χ1n) is 8.33. The topological polar surface area (TPSA) is 93.2 Å². The molecule has 3 rings (SSSR count). The van der Waals surface area contributed by atoms with Crippen molar-refractivity contribution in [3.05, 3.63) is 77.5 Å². The summed E-state index contributed by atoms with van der Waals surface area (Å²) in [7, 11) is 1.28. The van der Waals surface area contributed by atoms with Crippen molar-refractivity contribution in [3.8, 4) is 0 Å². The fourth-order valence-corrected chi connectivity index (χ4v) is 2.49. The van der Waals surface area contributed by atoms with Gasteiger partial charge in [0.05, 0.1) is 18.4 Å². The summed E-state index contributed by atoms with van der Waals surface area (Å²) in [6, 6.07) is 13.9. The Morgan fingerprint density at radius 1 is 1.04 bits per heavy atom. The molecule has 1 heterocycles. The van der Waals surface area contributed by atoms with Gasteiger partial charge in [-0.15, -0.1) is 0 Å². The molecule has 7 nitrogen and oxygen atoms in total. The van der Waals surface area contributed by atoms with Crippen LogP contribution in [0.4, 0.5) is 21.6 Å². The Bertz CT molecular complexity index is 1040. The van der Waals surface area contributed by atoms with Gasteiger partial charge in [-0.2, -0.15) is 0 Å². The molecule has 1 aromatic heterocycles. The molecule has 0 radical (unpaired) electrons. The molecule has 0 unspecified atom stereocenters. The molecule has 0 aliphatic carbocycles. The van der Waals surface area contributed by atoms with Crippen molar-refractivity contribution in [3.63, 3.8) is 0 Å². The van der Waals surface area contributed by atoms with Crippen molar-refractivity contribution in [1.29, 1.82) is 0 Å². The van der Waals surface area contributed by atoms with Crippen molar-refractivity contribution in [2.75, 3.05) is 17.7 Å². The van der Waals surface area contributed by atoms with Gasteiger partial charge in [0.2, 0.25) is 0 Å². The Labute approximate surface area is 160 Å². The lowest BCUT2D eigenvalue weighted by Gasteiger charge is -2.10. The summed E-state index contributed by atoms with van der Waals surface area (Å²) in [6.07, 6.45) is 0. The molecule has 2 aromatic carbocycles. The van der Waals surface area contributed by atoms with E-state index in [1.54, 1.807) is 43.3 Å². The van der Waals surface area contributed by atoms with Gasteiger partial charge in [-0.05, 0) is 37.3 Å². The number of halogens is 1. The molecule has 8 heteroatoms. The molecule has 0 spiro atoms. The van der Waals surface area contributed by atoms with Gasteiger partial charge in [-0.1, -0.05) is 18.2 Å². The standard InChI is InChI=1S/C20H17FN4O3/c1-12-22-17(11-18(23-12)25-16-9-4-3-8-15(16)21)19(26)24-14-7-5-6-13(10-14)20(27)28-2/h3-11H,1-2H3,(H,24,26)(H,22,23,25). The summed E-state index contributed by atoms with van der Waals surface area (Å²) in [5, 5.41) is 5.50. The van der Waals surface area contributed by atoms with E-state index < -0.39 is 17.7 Å². The van der Waals surface area contributed by atoms with Crippen LogP contribution in [0.15, 0.2) is 54.6 Å². The fraction of sp³-hybridized carbons (Fsp3) is 0.100. The van der Waals surface area contributed by atoms with Crippen LogP contribution < -0.4 is 10.6 Å². The summed E-state index contributed by atoms with van der Waals surface area (Å²) < 4.78 is 18.5. The van der Waals surface area contributed by atoms with Crippen LogP contribution in [0.25, 0.3) is 0 Å². The molecule has 3 aromatic rings. The second-order valence-corrected chi connectivity index (χ2v) is 5.82. The first-order chi connectivity index (χ1) is 13.5. The maximum Gasteiger partial charge on any atom is 0.337 e. The number of carbonyl (C=O) groups is 2. The Kier molecular flexibility index (Phi) is 5.59. The van der Waals surface area contributed by atoms with Gasteiger partial charge in [-0.3, -0.25) is 4.79 Å². The molecule has 28 heavy (non-hydrogen) atoms. The van der Waals surface area contributed by atoms with Crippen LogP contribution in [0, 0.1) is 12.7 Å². The molecule has 0 saturated heterocycles. The molecule has 142 valence electrons. The quantitative estimate of drug-likeness (QED) is 0.656. The highest BCUT2D eigenvalue weighted by Gasteiger charge is 2.13. The first kappa shape index (κ1) is 19.0. The number of amides is 1. The summed E-state index contributed by atoms with van der Waals surface area (Å²) in [5.74, 6) is -0.820. The van der Waals surface area contributed by atoms with Crippen LogP contribution >= 0.6 is 0 Å². The molecular weight excluding hydrogens is 363 g/mol. The zero-order valence-corrected chi connectivity index (χ0v) is 15.2. The SMILES string of the molecule is COC(=O)c1cccc(NC(=O)c2cc(Nc3ccccc3F)nc(C)n2)c1. The Morgan fingerprint density at radius 2 is 1.82 bits per heavy atom. The number of para-hydroxylation sites is 1. The Hall–Kier alpha value is -3.81. The minimum absolute atomic E-state index is 0.0924. The lowest BCUT2D eigenvalue weighted by molar-refractivity contribution is 0.0600. The second kappa shape index (κ2) is 8.26. The van der Waals surface area contributed by atoms with Crippen molar-refractivity contribution >= 4 is 29.1 Å². The van der Waals surface area contributed by atoms with Crippen molar-refractivity contribution in [2.24, 2.45) is 0 Å². The highest BCUT2D eigenvalue weighted by molar-refractivity contribution is 6.04. The molecule has 0 bridgehead atoms. The summed E-state index contributed by atoms with van der Waals surface area (Å²) in [6.45, 7) is 1.63. The zero-order valence-electron chi connectivity index (χ0n) is 15.2. The van der Waals surface area contributed by atoms with E-state index in [4.69, 9.17) is 0 Å². The molecule has 1 amide bonds. The number of methoxy groups -OCH3 is 1. The van der Waals surface area contributed by atoms with E-state index in [0.717, 1.165) is 0 Å². The van der Waals surface area contributed by atoms with Gasteiger partial charge in [0, 0.05) is 11.8 Å². The minimum Gasteiger partial charge on any atom is -0.465 e. The lowest BCUT2D eigenvalue weighted by atomic mass is 10.2. The molecule has 0 atom stereocenters. The number of benzene rings is 2. The van der Waals surface area contributed by atoms with E-state index in [9.17, 15) is 14.0 Å². The van der Waals surface area contributed by atoms with E-state index in [2.05, 4.69) is 25.3 Å². The molecule has 2 N–H and O–H groups in total. The third-order valence-electron chi connectivity index (χ3n) is 3.75. The lowest BCUT2D eigenvalue weighted by Crippen LogP contribution is -2.16. The van der Waals surface area contributed by atoms with E-state index in [1.807, 2.05) is 0 Å². The van der Waals surface area contributed by atoms with Crippen LogP contribution in [0.1, 0.15) is 26.7 Å². The zero-order chi connectivity index (χ0) is 20.1. The number of anilines is 3. The highest BCUT2D eigenvalue weighted by Crippen LogP contribution is 2.19. The van der Waals surface area contributed by atoms with E-state index in [1.165, 1.54) is 25.3 Å². The monoisotopic (exact) mass is 380 g/mol. The summed E-state index contributed by atoms with van der Waals surface area (Å²) in [4.78, 5) is 32.5. The van der Waals surface area contributed by atoms with Gasteiger partial charge in [0.25, 0.3) is 5.91 Å². The molecule has 0 fully saturated rings. The molecular formula is C20H17FN4O3. The van der Waals surface area contributed by atoms with Gasteiger partial charge in [0.15, 0.2) is 0 Å². The predicted molar refractivity (Wildman–Crippen MR) is 102 cm³/mol. The van der Waals surface area contributed by atoms with E-state index in [-0.39, 0.29) is 17.2 Å². The largest absolute Gasteiger partial charge is 0.465 e. The number of aryl methyl sites for hydroxylation is 1. The van der Waals surface area contributed by atoms with Gasteiger partial charge >= 0.3 is 5.97 Å². The Balaban J connectivity index is 1.82. The predicted octanol–water partition coefficient (Wildman–Crippen LogP) is 3.71. The van der Waals surface area contributed by atoms with Crippen molar-refractivity contribution in [1.82, 2.24) is 9.97 Å². The average molecular weight is 380 g/mol. The van der Waals surface area contributed by atoms with Crippen LogP contribution in [-0.2, 0) is 4.74 Å². The van der Waals surface area contributed by atoms with E-state index >= 15 is 0 Å². The number of aromatic nitrogens is 2. The smallest absolute Gasteiger partial charge is 0.337 e. The summed E-state index contributed by atoms with van der Waals surface area (Å²) in [5.41, 5.74) is 1.04. The van der Waals surface area contributed by atoms with E-state index in [0.29, 0.717) is 17.1 Å². The third kappa shape index (κ3) is 4.47. The Morgan fingerprint density at radius 3 is 2.57 bits per heavy atom. The molecule has 0 aliphatic rings. The molecule has 0 saturated carbocycles. The van der Waals surface area contributed by atoms with Gasteiger partial charge in [-0.25, -0.2) is 19.2 Å². The summed E-state index contributed by atoms with van der Waals surface area (Å²) >= 11 is 0. The van der Waals surface area contributed by atoms with Crippen molar-refractivity contribution < 1.29 is 18.7 Å².